The number of hydrogen-bond acceptors (Lipinski definition) is 8. The predicted molar refractivity (Wildman–Crippen MR) is 110 cm³/mol. The molecule has 2 heterocycles. The highest BCUT2D eigenvalue weighted by molar-refractivity contribution is 5.92. The molecule has 0 bridgehead atoms. The zero-order valence-electron chi connectivity index (χ0n) is 17.2. The molecule has 0 aliphatic carbocycles. The van der Waals surface area contributed by atoms with Crippen LogP contribution in [0.1, 0.15) is 64.0 Å². The molecule has 1 N–H and O–H groups in total. The van der Waals surface area contributed by atoms with Gasteiger partial charge in [0.25, 0.3) is 5.69 Å². The maximum absolute atomic E-state index is 12.9. The van der Waals surface area contributed by atoms with Crippen LogP contribution in [-0.2, 0) is 9.53 Å². The van der Waals surface area contributed by atoms with Gasteiger partial charge in [-0.25, -0.2) is 4.79 Å². The fraction of sp³-hybridized carbons (Fsp3) is 0.500. The summed E-state index contributed by atoms with van der Waals surface area (Å²) < 4.78 is 6.96. The summed E-state index contributed by atoms with van der Waals surface area (Å²) in [7, 11) is 0. The van der Waals surface area contributed by atoms with E-state index in [2.05, 4.69) is 27.8 Å². The fourth-order valence-electron chi connectivity index (χ4n) is 3.52. The Balaban J connectivity index is 1.78. The van der Waals surface area contributed by atoms with Gasteiger partial charge in [-0.2, -0.15) is 4.68 Å². The minimum atomic E-state index is -0.715. The Kier molecular flexibility index (Phi) is 7.10. The first-order valence-corrected chi connectivity index (χ1v) is 10.2. The van der Waals surface area contributed by atoms with Gasteiger partial charge in [-0.05, 0) is 29.3 Å². The molecular weight excluding hydrogens is 388 g/mol. The van der Waals surface area contributed by atoms with Crippen molar-refractivity contribution in [2.75, 3.05) is 11.9 Å². The zero-order valence-corrected chi connectivity index (χ0v) is 17.2. The van der Waals surface area contributed by atoms with E-state index >= 15 is 0 Å². The van der Waals surface area contributed by atoms with Crippen LogP contribution in [0.15, 0.2) is 35.5 Å². The van der Waals surface area contributed by atoms with E-state index in [0.29, 0.717) is 29.4 Å². The van der Waals surface area contributed by atoms with Gasteiger partial charge in [0.15, 0.2) is 0 Å². The lowest BCUT2D eigenvalue weighted by Gasteiger charge is -2.27. The van der Waals surface area contributed by atoms with Crippen LogP contribution in [-0.4, -0.2) is 37.7 Å². The second kappa shape index (κ2) is 9.95. The average molecular weight is 414 g/mol. The molecule has 30 heavy (non-hydrogen) atoms. The number of benzene rings is 1. The molecule has 1 atom stereocenters. The van der Waals surface area contributed by atoms with E-state index in [1.165, 1.54) is 36.1 Å². The molecule has 0 radical (unpaired) electrons. The first kappa shape index (κ1) is 21.4. The number of carbonyl (C=O) groups excluding carboxylic acids is 1. The van der Waals surface area contributed by atoms with Gasteiger partial charge in [0.1, 0.15) is 6.04 Å². The van der Waals surface area contributed by atoms with Gasteiger partial charge >= 0.3 is 5.97 Å². The van der Waals surface area contributed by atoms with Gasteiger partial charge in [-0.1, -0.05) is 56.3 Å². The minimum Gasteiger partial charge on any atom is -0.462 e. The molecule has 0 saturated carbocycles. The zero-order chi connectivity index (χ0) is 21.5. The number of tetrazole rings is 1. The second-order valence-electron chi connectivity index (χ2n) is 7.27. The molecule has 1 unspecified atom stereocenters. The molecule has 2 aromatic rings. The Bertz CT molecular complexity index is 939. The van der Waals surface area contributed by atoms with E-state index in [1.54, 1.807) is 19.1 Å². The van der Waals surface area contributed by atoms with Crippen molar-refractivity contribution in [3.8, 4) is 0 Å². The van der Waals surface area contributed by atoms with Gasteiger partial charge in [0.2, 0.25) is 5.95 Å². The summed E-state index contributed by atoms with van der Waals surface area (Å²) in [6.07, 6.45) is 6.53. The number of non-ortho nitro benzene ring substituents is 1. The quantitative estimate of drug-likeness (QED) is 0.269. The molecule has 10 heteroatoms. The lowest BCUT2D eigenvalue weighted by atomic mass is 9.95. The summed E-state index contributed by atoms with van der Waals surface area (Å²) in [5, 5.41) is 25.8. The largest absolute Gasteiger partial charge is 0.462 e. The Labute approximate surface area is 174 Å². The van der Waals surface area contributed by atoms with Gasteiger partial charge in [-0.15, -0.1) is 0 Å². The number of nitro groups is 1. The first-order chi connectivity index (χ1) is 14.5. The molecule has 0 spiro atoms. The van der Waals surface area contributed by atoms with Crippen molar-refractivity contribution in [2.45, 2.75) is 58.4 Å². The smallest absolute Gasteiger partial charge is 0.338 e. The third kappa shape index (κ3) is 4.81. The highest BCUT2D eigenvalue weighted by Gasteiger charge is 2.35. The number of esters is 1. The number of nitrogens with one attached hydrogen (secondary N) is 1. The van der Waals surface area contributed by atoms with Gasteiger partial charge in [0.05, 0.1) is 17.1 Å². The number of fused-ring (bicyclic) bond motifs is 1. The van der Waals surface area contributed by atoms with Crippen LogP contribution in [0.25, 0.3) is 0 Å². The molecule has 1 aliphatic heterocycles. The molecule has 0 fully saturated rings. The molecule has 0 amide bonds. The monoisotopic (exact) mass is 414 g/mol. The van der Waals surface area contributed by atoms with Gasteiger partial charge in [0, 0.05) is 17.8 Å². The Hall–Kier alpha value is -3.30. The maximum Gasteiger partial charge on any atom is 0.338 e. The Morgan fingerprint density at radius 3 is 2.80 bits per heavy atom. The Morgan fingerprint density at radius 2 is 2.03 bits per heavy atom. The van der Waals surface area contributed by atoms with E-state index in [1.807, 2.05) is 0 Å². The van der Waals surface area contributed by atoms with E-state index in [0.717, 1.165) is 19.3 Å². The summed E-state index contributed by atoms with van der Waals surface area (Å²) in [4.78, 5) is 23.7. The van der Waals surface area contributed by atoms with Gasteiger partial charge in [-0.3, -0.25) is 10.1 Å². The lowest BCUT2D eigenvalue weighted by Crippen LogP contribution is -2.30. The first-order valence-electron chi connectivity index (χ1n) is 10.2. The molecule has 1 aliphatic rings. The number of rotatable bonds is 10. The van der Waals surface area contributed by atoms with Crippen LogP contribution in [0.4, 0.5) is 11.6 Å². The average Bonchev–Trinajstić information content (AvgIpc) is 3.20. The minimum absolute atomic E-state index is 0.0712. The number of nitro benzene ring substituents is 1. The van der Waals surface area contributed by atoms with Crippen molar-refractivity contribution in [1.82, 2.24) is 20.2 Å². The Morgan fingerprint density at radius 1 is 1.27 bits per heavy atom. The van der Waals surface area contributed by atoms with Crippen LogP contribution in [0.2, 0.25) is 0 Å². The number of hydrogen-bond donors (Lipinski definition) is 1. The van der Waals surface area contributed by atoms with Crippen LogP contribution in [0.3, 0.4) is 0 Å². The summed E-state index contributed by atoms with van der Waals surface area (Å²) in [6.45, 7) is 4.24. The van der Waals surface area contributed by atoms with Crippen LogP contribution in [0, 0.1) is 10.1 Å². The van der Waals surface area contributed by atoms with E-state index in [-0.39, 0.29) is 5.69 Å². The molecular formula is C20H26N6O4. The van der Waals surface area contributed by atoms with E-state index in [9.17, 15) is 14.9 Å². The molecule has 10 nitrogen and oxygen atoms in total. The number of carbonyl (C=O) groups is 1. The fourth-order valence-corrected chi connectivity index (χ4v) is 3.52. The summed E-state index contributed by atoms with van der Waals surface area (Å²) in [5.41, 5.74) is 1.35. The highest BCUT2D eigenvalue weighted by atomic mass is 16.6. The summed E-state index contributed by atoms with van der Waals surface area (Å²) in [5.74, 6) is -0.123. The predicted octanol–water partition coefficient (Wildman–Crippen LogP) is 3.77. The van der Waals surface area contributed by atoms with Crippen molar-refractivity contribution in [3.05, 3.63) is 51.2 Å². The number of allylic oxidation sites excluding steroid dienone is 1. The molecule has 1 aromatic heterocycles. The lowest BCUT2D eigenvalue weighted by molar-refractivity contribution is -0.384. The third-order valence-electron chi connectivity index (χ3n) is 5.06. The van der Waals surface area contributed by atoms with Crippen molar-refractivity contribution in [3.63, 3.8) is 0 Å². The molecule has 160 valence electrons. The van der Waals surface area contributed by atoms with Crippen molar-refractivity contribution >= 4 is 17.6 Å². The SMILES string of the molecule is CCCCCCCCOC(=O)C1=C(C)Nc2nnnn2C1c1cccc([N+](=O)[O-])c1. The van der Waals surface area contributed by atoms with Crippen LogP contribution < -0.4 is 5.32 Å². The molecule has 0 saturated heterocycles. The highest BCUT2D eigenvalue weighted by Crippen LogP contribution is 2.35. The van der Waals surface area contributed by atoms with Crippen LogP contribution >= 0.6 is 0 Å². The second-order valence-corrected chi connectivity index (χ2v) is 7.27. The molecule has 3 rings (SSSR count). The van der Waals surface area contributed by atoms with E-state index < -0.39 is 16.9 Å². The summed E-state index contributed by atoms with van der Waals surface area (Å²) >= 11 is 0. The standard InChI is InChI=1S/C20H26N6O4/c1-3-4-5-6-7-8-12-30-19(27)17-14(2)21-20-22-23-24-25(20)18(17)15-10-9-11-16(13-15)26(28)29/h9-11,13,18H,3-8,12H2,1-2H3,(H,21,22,24). The number of unbranched alkanes of at least 4 members (excludes halogenated alkanes) is 5. The van der Waals surface area contributed by atoms with Crippen molar-refractivity contribution in [1.29, 1.82) is 0 Å². The van der Waals surface area contributed by atoms with Crippen LogP contribution in [0.5, 0.6) is 0 Å². The van der Waals surface area contributed by atoms with Crippen molar-refractivity contribution in [2.24, 2.45) is 0 Å². The number of ether oxygens (including phenoxy) is 1. The van der Waals surface area contributed by atoms with E-state index in [4.69, 9.17) is 4.74 Å². The normalized spacial score (nSPS) is 15.5. The molecule has 1 aromatic carbocycles. The maximum atomic E-state index is 12.9. The number of aromatic nitrogens is 4. The van der Waals surface area contributed by atoms with Gasteiger partial charge < -0.3 is 10.1 Å². The topological polar surface area (TPSA) is 125 Å². The van der Waals surface area contributed by atoms with Crippen molar-refractivity contribution < 1.29 is 14.5 Å². The number of anilines is 1. The third-order valence-corrected chi connectivity index (χ3v) is 5.06. The summed E-state index contributed by atoms with van der Waals surface area (Å²) in [6, 6.07) is 5.40. The number of nitrogens with zero attached hydrogens (tertiary/aromatic N) is 5.